The van der Waals surface area contributed by atoms with Gasteiger partial charge in [0.2, 0.25) is 0 Å². The van der Waals surface area contributed by atoms with Gasteiger partial charge in [-0.05, 0) is 6.42 Å². The molecule has 1 aromatic rings. The number of aromatic nitrogens is 2. The van der Waals surface area contributed by atoms with Gasteiger partial charge in [0.1, 0.15) is 11.7 Å². The Hall–Kier alpha value is -1.65. The van der Waals surface area contributed by atoms with Crippen LogP contribution in [0.3, 0.4) is 0 Å². The molecule has 0 bridgehead atoms. The molecule has 0 spiro atoms. The van der Waals surface area contributed by atoms with Crippen LogP contribution in [0.25, 0.3) is 0 Å². The van der Waals surface area contributed by atoms with Crippen molar-refractivity contribution in [3.8, 4) is 0 Å². The molecule has 0 aromatic carbocycles. The average molecular weight is 182 g/mol. The second-order valence-corrected chi connectivity index (χ2v) is 2.61. The molecule has 0 radical (unpaired) electrons. The standard InChI is InChI=1S/C8H10N2O3/c1-2-7(8(12)13)10-5-9-3-6(10)4-11/h3-5,7H,2H2,1H3,(H,12,13). The van der Waals surface area contributed by atoms with Crippen molar-refractivity contribution in [1.82, 2.24) is 9.55 Å². The molecule has 0 saturated heterocycles. The van der Waals surface area contributed by atoms with Crippen molar-refractivity contribution in [2.75, 3.05) is 0 Å². The summed E-state index contributed by atoms with van der Waals surface area (Å²) in [5.41, 5.74) is 0.286. The lowest BCUT2D eigenvalue weighted by molar-refractivity contribution is -0.141. The number of carbonyl (C=O) groups excluding carboxylic acids is 1. The van der Waals surface area contributed by atoms with Gasteiger partial charge < -0.3 is 9.67 Å². The van der Waals surface area contributed by atoms with Crippen molar-refractivity contribution >= 4 is 12.3 Å². The van der Waals surface area contributed by atoms with Crippen molar-refractivity contribution in [3.63, 3.8) is 0 Å². The summed E-state index contributed by atoms with van der Waals surface area (Å²) in [5, 5.41) is 8.80. The second-order valence-electron chi connectivity index (χ2n) is 2.61. The first-order chi connectivity index (χ1) is 6.20. The molecule has 5 heteroatoms. The lowest BCUT2D eigenvalue weighted by Crippen LogP contribution is -2.19. The van der Waals surface area contributed by atoms with Gasteiger partial charge in [0.15, 0.2) is 6.29 Å². The maximum atomic E-state index is 10.7. The van der Waals surface area contributed by atoms with E-state index >= 15 is 0 Å². The maximum absolute atomic E-state index is 10.7. The molecule has 1 unspecified atom stereocenters. The Morgan fingerprint density at radius 3 is 3.00 bits per heavy atom. The number of aliphatic carboxylic acids is 1. The summed E-state index contributed by atoms with van der Waals surface area (Å²) in [6.07, 6.45) is 3.72. The number of hydrogen-bond donors (Lipinski definition) is 1. The highest BCUT2D eigenvalue weighted by Gasteiger charge is 2.18. The van der Waals surface area contributed by atoms with E-state index < -0.39 is 12.0 Å². The first kappa shape index (κ1) is 9.44. The van der Waals surface area contributed by atoms with E-state index in [0.29, 0.717) is 12.7 Å². The quantitative estimate of drug-likeness (QED) is 0.697. The first-order valence-corrected chi connectivity index (χ1v) is 3.90. The molecule has 0 aliphatic carbocycles. The molecule has 1 atom stereocenters. The number of imidazole rings is 1. The van der Waals surface area contributed by atoms with E-state index in [0.717, 1.165) is 0 Å². The summed E-state index contributed by atoms with van der Waals surface area (Å²) in [5.74, 6) is -0.955. The highest BCUT2D eigenvalue weighted by Crippen LogP contribution is 2.12. The Labute approximate surface area is 75.0 Å². The van der Waals surface area contributed by atoms with Crippen LogP contribution in [0.15, 0.2) is 12.5 Å². The fraction of sp³-hybridized carbons (Fsp3) is 0.375. The van der Waals surface area contributed by atoms with Gasteiger partial charge in [-0.3, -0.25) is 4.79 Å². The zero-order chi connectivity index (χ0) is 9.84. The molecule has 13 heavy (non-hydrogen) atoms. The molecular weight excluding hydrogens is 172 g/mol. The van der Waals surface area contributed by atoms with Crippen LogP contribution in [-0.2, 0) is 4.79 Å². The minimum atomic E-state index is -0.955. The third-order valence-corrected chi connectivity index (χ3v) is 1.82. The normalized spacial score (nSPS) is 12.4. The highest BCUT2D eigenvalue weighted by molar-refractivity contribution is 5.76. The van der Waals surface area contributed by atoms with Crippen LogP contribution < -0.4 is 0 Å². The van der Waals surface area contributed by atoms with E-state index in [9.17, 15) is 9.59 Å². The fourth-order valence-corrected chi connectivity index (χ4v) is 1.16. The predicted molar refractivity (Wildman–Crippen MR) is 44.6 cm³/mol. The lowest BCUT2D eigenvalue weighted by Gasteiger charge is -2.11. The molecular formula is C8H10N2O3. The van der Waals surface area contributed by atoms with Crippen molar-refractivity contribution < 1.29 is 14.7 Å². The predicted octanol–water partition coefficient (Wildman–Crippen LogP) is 0.731. The van der Waals surface area contributed by atoms with Crippen LogP contribution in [-0.4, -0.2) is 26.9 Å². The number of carboxylic acids is 1. The Kier molecular flexibility index (Phi) is 2.79. The number of hydrogen-bond acceptors (Lipinski definition) is 3. The molecule has 0 aliphatic heterocycles. The molecule has 1 heterocycles. The van der Waals surface area contributed by atoms with E-state index in [1.54, 1.807) is 6.92 Å². The summed E-state index contributed by atoms with van der Waals surface area (Å²) < 4.78 is 1.36. The third kappa shape index (κ3) is 1.74. The van der Waals surface area contributed by atoms with Crippen molar-refractivity contribution in [2.45, 2.75) is 19.4 Å². The summed E-state index contributed by atoms with van der Waals surface area (Å²) >= 11 is 0. The van der Waals surface area contributed by atoms with Gasteiger partial charge in [0, 0.05) is 0 Å². The van der Waals surface area contributed by atoms with Crippen LogP contribution in [0, 0.1) is 0 Å². The third-order valence-electron chi connectivity index (χ3n) is 1.82. The molecule has 5 nitrogen and oxygen atoms in total. The van der Waals surface area contributed by atoms with Crippen LogP contribution in [0.2, 0.25) is 0 Å². The lowest BCUT2D eigenvalue weighted by atomic mass is 10.2. The smallest absolute Gasteiger partial charge is 0.326 e. The number of carboxylic acid groups (broad SMARTS) is 1. The van der Waals surface area contributed by atoms with Crippen LogP contribution in [0.5, 0.6) is 0 Å². The summed E-state index contributed by atoms with van der Waals surface area (Å²) in [4.78, 5) is 24.9. The van der Waals surface area contributed by atoms with E-state index in [1.807, 2.05) is 0 Å². The van der Waals surface area contributed by atoms with Gasteiger partial charge in [-0.15, -0.1) is 0 Å². The number of rotatable bonds is 4. The SMILES string of the molecule is CCC(C(=O)O)n1cncc1C=O. The molecule has 0 amide bonds. The van der Waals surface area contributed by atoms with Crippen LogP contribution in [0.1, 0.15) is 29.9 Å². The van der Waals surface area contributed by atoms with Gasteiger partial charge in [-0.25, -0.2) is 9.78 Å². The number of nitrogens with zero attached hydrogens (tertiary/aromatic N) is 2. The van der Waals surface area contributed by atoms with Crippen LogP contribution in [0.4, 0.5) is 0 Å². The molecule has 70 valence electrons. The van der Waals surface area contributed by atoms with Crippen LogP contribution >= 0.6 is 0 Å². The number of aldehydes is 1. The Morgan fingerprint density at radius 1 is 1.85 bits per heavy atom. The molecule has 0 fully saturated rings. The van der Waals surface area contributed by atoms with Gasteiger partial charge in [-0.1, -0.05) is 6.92 Å². The largest absolute Gasteiger partial charge is 0.480 e. The summed E-state index contributed by atoms with van der Waals surface area (Å²) in [7, 11) is 0. The summed E-state index contributed by atoms with van der Waals surface area (Å²) in [6, 6.07) is -0.706. The monoisotopic (exact) mass is 182 g/mol. The zero-order valence-corrected chi connectivity index (χ0v) is 7.17. The van der Waals surface area contributed by atoms with Gasteiger partial charge in [0.05, 0.1) is 12.5 Å². The van der Waals surface area contributed by atoms with Gasteiger partial charge in [-0.2, -0.15) is 0 Å². The second kappa shape index (κ2) is 3.84. The average Bonchev–Trinajstić information content (AvgIpc) is 2.53. The Balaban J connectivity index is 3.03. The fourth-order valence-electron chi connectivity index (χ4n) is 1.16. The van der Waals surface area contributed by atoms with Gasteiger partial charge in [0.25, 0.3) is 0 Å². The zero-order valence-electron chi connectivity index (χ0n) is 7.17. The van der Waals surface area contributed by atoms with E-state index in [4.69, 9.17) is 5.11 Å². The molecule has 1 N–H and O–H groups in total. The van der Waals surface area contributed by atoms with E-state index in [1.165, 1.54) is 17.1 Å². The Bertz CT molecular complexity index is 319. The number of carbonyl (C=O) groups is 2. The highest BCUT2D eigenvalue weighted by atomic mass is 16.4. The molecule has 0 saturated carbocycles. The minimum absolute atomic E-state index is 0.286. The summed E-state index contributed by atoms with van der Waals surface area (Å²) in [6.45, 7) is 1.74. The van der Waals surface area contributed by atoms with Crippen molar-refractivity contribution in [1.29, 1.82) is 0 Å². The molecule has 0 aliphatic rings. The molecule has 1 aromatic heterocycles. The Morgan fingerprint density at radius 2 is 2.54 bits per heavy atom. The van der Waals surface area contributed by atoms with Crippen molar-refractivity contribution in [2.24, 2.45) is 0 Å². The maximum Gasteiger partial charge on any atom is 0.326 e. The molecule has 1 rings (SSSR count). The topological polar surface area (TPSA) is 72.2 Å². The van der Waals surface area contributed by atoms with Crippen molar-refractivity contribution in [3.05, 3.63) is 18.2 Å². The minimum Gasteiger partial charge on any atom is -0.480 e. The first-order valence-electron chi connectivity index (χ1n) is 3.90. The van der Waals surface area contributed by atoms with E-state index in [-0.39, 0.29) is 5.69 Å². The van der Waals surface area contributed by atoms with Gasteiger partial charge >= 0.3 is 5.97 Å². The van der Waals surface area contributed by atoms with E-state index in [2.05, 4.69) is 4.98 Å².